The van der Waals surface area contributed by atoms with Crippen molar-refractivity contribution in [1.82, 2.24) is 9.38 Å². The maximum absolute atomic E-state index is 12.3. The smallest absolute Gasteiger partial charge is 0.258 e. The number of rotatable bonds is 5. The number of nitrogens with zero attached hydrogens (tertiary/aromatic N) is 3. The Hall–Kier alpha value is -2.37. The number of hydrogen-bond donors (Lipinski definition) is 1. The SMILES string of the molecule is CC(O)CN(Cc1cc(=O)n2cc(Cl)ccc2n1)c1ccccc1. The van der Waals surface area contributed by atoms with Crippen molar-refractivity contribution in [2.45, 2.75) is 19.6 Å². The van der Waals surface area contributed by atoms with Gasteiger partial charge >= 0.3 is 0 Å². The first-order valence-corrected chi connectivity index (χ1v) is 8.06. The van der Waals surface area contributed by atoms with Gasteiger partial charge < -0.3 is 10.0 Å². The summed E-state index contributed by atoms with van der Waals surface area (Å²) in [6.45, 7) is 2.62. The summed E-state index contributed by atoms with van der Waals surface area (Å²) < 4.78 is 1.42. The van der Waals surface area contributed by atoms with Crippen LogP contribution in [-0.4, -0.2) is 27.1 Å². The van der Waals surface area contributed by atoms with Gasteiger partial charge in [-0.05, 0) is 31.2 Å². The van der Waals surface area contributed by atoms with Gasteiger partial charge in [0.1, 0.15) is 5.65 Å². The summed E-state index contributed by atoms with van der Waals surface area (Å²) in [5.74, 6) is 0. The number of hydrogen-bond acceptors (Lipinski definition) is 4. The van der Waals surface area contributed by atoms with Crippen LogP contribution in [0.4, 0.5) is 5.69 Å². The summed E-state index contributed by atoms with van der Waals surface area (Å²) >= 11 is 5.93. The molecule has 124 valence electrons. The van der Waals surface area contributed by atoms with Crippen LogP contribution in [-0.2, 0) is 6.54 Å². The molecule has 0 fully saturated rings. The normalized spacial score (nSPS) is 12.3. The Labute approximate surface area is 144 Å². The van der Waals surface area contributed by atoms with E-state index >= 15 is 0 Å². The number of aliphatic hydroxyl groups excluding tert-OH is 1. The number of para-hydroxylation sites is 1. The number of aliphatic hydroxyl groups is 1. The molecule has 24 heavy (non-hydrogen) atoms. The molecule has 2 aromatic heterocycles. The Balaban J connectivity index is 1.96. The molecule has 5 nitrogen and oxygen atoms in total. The monoisotopic (exact) mass is 343 g/mol. The van der Waals surface area contributed by atoms with Crippen LogP contribution in [0.3, 0.4) is 0 Å². The number of halogens is 1. The molecular formula is C18H18ClN3O2. The van der Waals surface area contributed by atoms with E-state index in [9.17, 15) is 9.90 Å². The van der Waals surface area contributed by atoms with Crippen molar-refractivity contribution in [3.63, 3.8) is 0 Å². The van der Waals surface area contributed by atoms with E-state index < -0.39 is 6.10 Å². The quantitative estimate of drug-likeness (QED) is 0.774. The predicted octanol–water partition coefficient (Wildman–Crippen LogP) is 2.74. The van der Waals surface area contributed by atoms with Crippen LogP contribution in [0, 0.1) is 0 Å². The number of benzene rings is 1. The molecule has 0 aliphatic heterocycles. The summed E-state index contributed by atoms with van der Waals surface area (Å²) in [5.41, 5.74) is 1.98. The molecule has 0 bridgehead atoms. The lowest BCUT2D eigenvalue weighted by Crippen LogP contribution is -2.31. The summed E-state index contributed by atoms with van der Waals surface area (Å²) in [7, 11) is 0. The summed E-state index contributed by atoms with van der Waals surface area (Å²) in [6, 6.07) is 14.7. The lowest BCUT2D eigenvalue weighted by atomic mass is 10.2. The number of fused-ring (bicyclic) bond motifs is 1. The average molecular weight is 344 g/mol. The minimum Gasteiger partial charge on any atom is -0.392 e. The molecule has 0 saturated heterocycles. The van der Waals surface area contributed by atoms with E-state index in [0.717, 1.165) is 5.69 Å². The molecule has 0 spiro atoms. The van der Waals surface area contributed by atoms with Gasteiger partial charge in [-0.1, -0.05) is 29.8 Å². The minimum atomic E-state index is -0.495. The number of aromatic nitrogens is 2. The Kier molecular flexibility index (Phi) is 4.83. The highest BCUT2D eigenvalue weighted by atomic mass is 35.5. The molecule has 6 heteroatoms. The van der Waals surface area contributed by atoms with Gasteiger partial charge in [-0.15, -0.1) is 0 Å². The van der Waals surface area contributed by atoms with Gasteiger partial charge in [0, 0.05) is 24.5 Å². The van der Waals surface area contributed by atoms with Crippen molar-refractivity contribution in [3.05, 3.63) is 75.8 Å². The summed E-state index contributed by atoms with van der Waals surface area (Å²) in [5, 5.41) is 10.3. The topological polar surface area (TPSA) is 57.8 Å². The number of anilines is 1. The Morgan fingerprint density at radius 2 is 2.00 bits per heavy atom. The van der Waals surface area contributed by atoms with Crippen LogP contribution < -0.4 is 10.5 Å². The van der Waals surface area contributed by atoms with Gasteiger partial charge in [0.2, 0.25) is 0 Å². The van der Waals surface area contributed by atoms with Gasteiger partial charge in [-0.25, -0.2) is 4.98 Å². The first kappa shape index (κ1) is 16.5. The Morgan fingerprint density at radius 1 is 1.25 bits per heavy atom. The average Bonchev–Trinajstić information content (AvgIpc) is 2.55. The second kappa shape index (κ2) is 7.03. The number of pyridine rings is 1. The maximum atomic E-state index is 12.3. The minimum absolute atomic E-state index is 0.178. The van der Waals surface area contributed by atoms with Crippen molar-refractivity contribution in [3.8, 4) is 0 Å². The van der Waals surface area contributed by atoms with Gasteiger partial charge in [0.25, 0.3) is 5.56 Å². The standard InChI is InChI=1S/C18H18ClN3O2/c1-13(23)10-21(16-5-3-2-4-6-16)12-15-9-18(24)22-11-14(19)7-8-17(22)20-15/h2-9,11,13,23H,10,12H2,1H3. The van der Waals surface area contributed by atoms with E-state index in [-0.39, 0.29) is 5.56 Å². The van der Waals surface area contributed by atoms with Crippen LogP contribution in [0.15, 0.2) is 59.5 Å². The van der Waals surface area contributed by atoms with Gasteiger partial charge in [0.15, 0.2) is 0 Å². The van der Waals surface area contributed by atoms with E-state index in [4.69, 9.17) is 11.6 Å². The van der Waals surface area contributed by atoms with E-state index in [0.29, 0.717) is 29.5 Å². The predicted molar refractivity (Wildman–Crippen MR) is 95.6 cm³/mol. The van der Waals surface area contributed by atoms with Gasteiger partial charge in [-0.2, -0.15) is 0 Å². The van der Waals surface area contributed by atoms with Crippen LogP contribution in [0.25, 0.3) is 5.65 Å². The molecule has 3 aromatic rings. The van der Waals surface area contributed by atoms with Crippen LogP contribution in [0.5, 0.6) is 0 Å². The fraction of sp³-hybridized carbons (Fsp3) is 0.222. The molecule has 0 aliphatic carbocycles. The first-order valence-electron chi connectivity index (χ1n) is 7.69. The molecule has 3 rings (SSSR count). The zero-order chi connectivity index (χ0) is 17.1. The summed E-state index contributed by atoms with van der Waals surface area (Å²) in [6.07, 6.45) is 1.06. The Morgan fingerprint density at radius 3 is 2.71 bits per heavy atom. The zero-order valence-corrected chi connectivity index (χ0v) is 14.0. The summed E-state index contributed by atoms with van der Waals surface area (Å²) in [4.78, 5) is 18.8. The van der Waals surface area contributed by atoms with Crippen molar-refractivity contribution < 1.29 is 5.11 Å². The van der Waals surface area contributed by atoms with Crippen LogP contribution >= 0.6 is 11.6 Å². The molecule has 2 heterocycles. The molecule has 1 N–H and O–H groups in total. The van der Waals surface area contributed by atoms with Crippen molar-refractivity contribution in [2.24, 2.45) is 0 Å². The first-order chi connectivity index (χ1) is 11.5. The van der Waals surface area contributed by atoms with Crippen molar-refractivity contribution >= 4 is 22.9 Å². The van der Waals surface area contributed by atoms with Crippen molar-refractivity contribution in [2.75, 3.05) is 11.4 Å². The molecule has 1 atom stereocenters. The second-order valence-corrected chi connectivity index (χ2v) is 6.16. The molecule has 0 amide bonds. The van der Waals surface area contributed by atoms with Gasteiger partial charge in [-0.3, -0.25) is 9.20 Å². The molecule has 0 saturated carbocycles. The fourth-order valence-corrected chi connectivity index (χ4v) is 2.78. The molecule has 1 aromatic carbocycles. The lowest BCUT2D eigenvalue weighted by Gasteiger charge is -2.26. The second-order valence-electron chi connectivity index (χ2n) is 5.73. The third kappa shape index (κ3) is 3.75. The van der Waals surface area contributed by atoms with E-state index in [1.165, 1.54) is 10.5 Å². The van der Waals surface area contributed by atoms with Crippen molar-refractivity contribution in [1.29, 1.82) is 0 Å². The molecule has 0 radical (unpaired) electrons. The maximum Gasteiger partial charge on any atom is 0.258 e. The van der Waals surface area contributed by atoms with E-state index in [1.807, 2.05) is 35.2 Å². The lowest BCUT2D eigenvalue weighted by molar-refractivity contribution is 0.199. The van der Waals surface area contributed by atoms with Crippen LogP contribution in [0.2, 0.25) is 5.02 Å². The van der Waals surface area contributed by atoms with Crippen LogP contribution in [0.1, 0.15) is 12.6 Å². The molecular weight excluding hydrogens is 326 g/mol. The van der Waals surface area contributed by atoms with Gasteiger partial charge in [0.05, 0.1) is 23.4 Å². The van der Waals surface area contributed by atoms with E-state index in [2.05, 4.69) is 4.98 Å². The Bertz CT molecular complexity index is 894. The third-order valence-corrected chi connectivity index (χ3v) is 3.86. The van der Waals surface area contributed by atoms with E-state index in [1.54, 1.807) is 25.3 Å². The largest absolute Gasteiger partial charge is 0.392 e. The zero-order valence-electron chi connectivity index (χ0n) is 13.3. The highest BCUT2D eigenvalue weighted by molar-refractivity contribution is 6.30. The highest BCUT2D eigenvalue weighted by Crippen LogP contribution is 2.17. The highest BCUT2D eigenvalue weighted by Gasteiger charge is 2.12. The molecule has 0 aliphatic rings. The third-order valence-electron chi connectivity index (χ3n) is 3.64. The fourth-order valence-electron chi connectivity index (χ4n) is 2.62. The molecule has 1 unspecified atom stereocenters.